The van der Waals surface area contributed by atoms with Gasteiger partial charge in [0.2, 0.25) is 5.91 Å². The standard InChI is InChI=1S/C16H16N2O3/c17-16(19)11-4-6-12(7-5-11)18-13-2-1-3-14(8-13)21-15-9-20-10-15/h1-8,15,18H,9-10H2,(H2,17,19). The molecule has 1 saturated heterocycles. The molecule has 2 aromatic carbocycles. The fourth-order valence-electron chi connectivity index (χ4n) is 2.01. The van der Waals surface area contributed by atoms with Gasteiger partial charge in [0.15, 0.2) is 0 Å². The maximum atomic E-state index is 11.0. The highest BCUT2D eigenvalue weighted by Crippen LogP contribution is 2.23. The third-order valence-electron chi connectivity index (χ3n) is 3.20. The number of nitrogens with two attached hydrogens (primary N) is 1. The Hall–Kier alpha value is -2.53. The summed E-state index contributed by atoms with van der Waals surface area (Å²) in [4.78, 5) is 11.0. The van der Waals surface area contributed by atoms with Gasteiger partial charge >= 0.3 is 0 Å². The van der Waals surface area contributed by atoms with Crippen molar-refractivity contribution in [2.45, 2.75) is 6.10 Å². The smallest absolute Gasteiger partial charge is 0.248 e. The molecule has 0 unspecified atom stereocenters. The van der Waals surface area contributed by atoms with Crippen molar-refractivity contribution in [3.05, 3.63) is 54.1 Å². The average molecular weight is 284 g/mol. The van der Waals surface area contributed by atoms with E-state index in [-0.39, 0.29) is 6.10 Å². The van der Waals surface area contributed by atoms with Crippen LogP contribution < -0.4 is 15.8 Å². The monoisotopic (exact) mass is 284 g/mol. The summed E-state index contributed by atoms with van der Waals surface area (Å²) >= 11 is 0. The average Bonchev–Trinajstić information content (AvgIpc) is 2.44. The highest BCUT2D eigenvalue weighted by atomic mass is 16.6. The Morgan fingerprint density at radius 2 is 1.90 bits per heavy atom. The summed E-state index contributed by atoms with van der Waals surface area (Å²) < 4.78 is 10.8. The maximum Gasteiger partial charge on any atom is 0.248 e. The zero-order valence-corrected chi connectivity index (χ0v) is 11.4. The second-order valence-electron chi connectivity index (χ2n) is 4.87. The molecule has 3 rings (SSSR count). The van der Waals surface area contributed by atoms with Gasteiger partial charge in [-0.25, -0.2) is 0 Å². The Kier molecular flexibility index (Phi) is 3.75. The second-order valence-corrected chi connectivity index (χ2v) is 4.87. The van der Waals surface area contributed by atoms with Gasteiger partial charge in [-0.15, -0.1) is 0 Å². The summed E-state index contributed by atoms with van der Waals surface area (Å²) in [6, 6.07) is 14.7. The fourth-order valence-corrected chi connectivity index (χ4v) is 2.01. The lowest BCUT2D eigenvalue weighted by atomic mass is 10.2. The fraction of sp³-hybridized carbons (Fsp3) is 0.188. The quantitative estimate of drug-likeness (QED) is 0.883. The van der Waals surface area contributed by atoms with E-state index in [2.05, 4.69) is 5.32 Å². The normalized spacial score (nSPS) is 14.3. The molecule has 0 spiro atoms. The molecule has 5 nitrogen and oxygen atoms in total. The Morgan fingerprint density at radius 3 is 2.52 bits per heavy atom. The highest BCUT2D eigenvalue weighted by molar-refractivity contribution is 5.93. The summed E-state index contributed by atoms with van der Waals surface area (Å²) in [5, 5.41) is 3.26. The Labute approximate surface area is 122 Å². The van der Waals surface area contributed by atoms with E-state index in [9.17, 15) is 4.79 Å². The van der Waals surface area contributed by atoms with Gasteiger partial charge in [-0.05, 0) is 36.4 Å². The van der Waals surface area contributed by atoms with Crippen LogP contribution in [0.15, 0.2) is 48.5 Å². The van der Waals surface area contributed by atoms with Crippen molar-refractivity contribution in [1.82, 2.24) is 0 Å². The van der Waals surface area contributed by atoms with Crippen LogP contribution in [0.2, 0.25) is 0 Å². The van der Waals surface area contributed by atoms with Crippen LogP contribution >= 0.6 is 0 Å². The molecule has 1 aliphatic rings. The van der Waals surface area contributed by atoms with E-state index in [1.807, 2.05) is 36.4 Å². The van der Waals surface area contributed by atoms with Gasteiger partial charge in [0, 0.05) is 23.0 Å². The molecule has 0 radical (unpaired) electrons. The molecule has 0 atom stereocenters. The Morgan fingerprint density at radius 1 is 1.14 bits per heavy atom. The predicted octanol–water partition coefficient (Wildman–Crippen LogP) is 2.31. The summed E-state index contributed by atoms with van der Waals surface area (Å²) in [5.74, 6) is 0.377. The number of hydrogen-bond donors (Lipinski definition) is 2. The zero-order chi connectivity index (χ0) is 14.7. The summed E-state index contributed by atoms with van der Waals surface area (Å²) in [6.07, 6.45) is 0.148. The van der Waals surface area contributed by atoms with Gasteiger partial charge in [-0.2, -0.15) is 0 Å². The van der Waals surface area contributed by atoms with E-state index in [1.165, 1.54) is 0 Å². The molecule has 2 aromatic rings. The number of benzene rings is 2. The lowest BCUT2D eigenvalue weighted by Gasteiger charge is -2.26. The predicted molar refractivity (Wildman–Crippen MR) is 79.9 cm³/mol. The van der Waals surface area contributed by atoms with Crippen LogP contribution in [0.4, 0.5) is 11.4 Å². The number of anilines is 2. The topological polar surface area (TPSA) is 73.6 Å². The molecule has 5 heteroatoms. The van der Waals surface area contributed by atoms with Gasteiger partial charge in [0.1, 0.15) is 11.9 Å². The zero-order valence-electron chi connectivity index (χ0n) is 11.4. The first-order valence-corrected chi connectivity index (χ1v) is 6.72. The first-order chi connectivity index (χ1) is 10.2. The molecule has 1 aliphatic heterocycles. The van der Waals surface area contributed by atoms with Crippen LogP contribution in [0, 0.1) is 0 Å². The van der Waals surface area contributed by atoms with Crippen LogP contribution in [0.1, 0.15) is 10.4 Å². The van der Waals surface area contributed by atoms with Crippen molar-refractivity contribution in [2.75, 3.05) is 18.5 Å². The van der Waals surface area contributed by atoms with Crippen molar-refractivity contribution in [2.24, 2.45) is 5.73 Å². The van der Waals surface area contributed by atoms with Crippen LogP contribution in [0.25, 0.3) is 0 Å². The summed E-state index contributed by atoms with van der Waals surface area (Å²) in [6.45, 7) is 1.29. The second kappa shape index (κ2) is 5.85. The van der Waals surface area contributed by atoms with E-state index in [0.29, 0.717) is 18.8 Å². The molecule has 3 N–H and O–H groups in total. The van der Waals surface area contributed by atoms with Crippen LogP contribution in [-0.4, -0.2) is 25.2 Å². The number of carbonyl (C=O) groups is 1. The van der Waals surface area contributed by atoms with E-state index < -0.39 is 5.91 Å². The summed E-state index contributed by atoms with van der Waals surface area (Å²) in [7, 11) is 0. The third kappa shape index (κ3) is 3.32. The van der Waals surface area contributed by atoms with Crippen molar-refractivity contribution >= 4 is 17.3 Å². The van der Waals surface area contributed by atoms with E-state index >= 15 is 0 Å². The number of hydrogen-bond acceptors (Lipinski definition) is 4. The Bertz CT molecular complexity index is 636. The van der Waals surface area contributed by atoms with Crippen LogP contribution in [0.3, 0.4) is 0 Å². The molecule has 108 valence electrons. The lowest BCUT2D eigenvalue weighted by Crippen LogP contribution is -2.38. The van der Waals surface area contributed by atoms with Gasteiger partial charge in [-0.1, -0.05) is 6.07 Å². The first kappa shape index (κ1) is 13.5. The minimum Gasteiger partial charge on any atom is -0.486 e. The SMILES string of the molecule is NC(=O)c1ccc(Nc2cccc(OC3COC3)c2)cc1. The first-order valence-electron chi connectivity index (χ1n) is 6.72. The molecular formula is C16H16N2O3. The van der Waals surface area contributed by atoms with Gasteiger partial charge in [-0.3, -0.25) is 4.79 Å². The van der Waals surface area contributed by atoms with Crippen molar-refractivity contribution in [3.63, 3.8) is 0 Å². The molecule has 1 fully saturated rings. The molecule has 0 aromatic heterocycles. The molecule has 0 aliphatic carbocycles. The van der Waals surface area contributed by atoms with Crippen molar-refractivity contribution < 1.29 is 14.3 Å². The van der Waals surface area contributed by atoms with Gasteiger partial charge in [0.05, 0.1) is 13.2 Å². The molecule has 1 heterocycles. The Balaban J connectivity index is 1.68. The molecule has 1 amide bonds. The number of ether oxygens (including phenoxy) is 2. The molecule has 0 bridgehead atoms. The summed E-state index contributed by atoms with van der Waals surface area (Å²) in [5.41, 5.74) is 7.50. The number of primary amides is 1. The number of nitrogens with one attached hydrogen (secondary N) is 1. The number of rotatable bonds is 5. The van der Waals surface area contributed by atoms with Gasteiger partial charge in [0.25, 0.3) is 0 Å². The molecule has 21 heavy (non-hydrogen) atoms. The van der Waals surface area contributed by atoms with Gasteiger partial charge < -0.3 is 20.5 Å². The minimum atomic E-state index is -0.431. The third-order valence-corrected chi connectivity index (χ3v) is 3.20. The van der Waals surface area contributed by atoms with Crippen molar-refractivity contribution in [3.8, 4) is 5.75 Å². The minimum absolute atomic E-state index is 0.148. The maximum absolute atomic E-state index is 11.0. The van der Waals surface area contributed by atoms with Crippen molar-refractivity contribution in [1.29, 1.82) is 0 Å². The van der Waals surface area contributed by atoms with Crippen LogP contribution in [0.5, 0.6) is 5.75 Å². The van der Waals surface area contributed by atoms with E-state index in [0.717, 1.165) is 17.1 Å². The molecule has 0 saturated carbocycles. The van der Waals surface area contributed by atoms with Crippen LogP contribution in [-0.2, 0) is 4.74 Å². The number of amides is 1. The number of carbonyl (C=O) groups excluding carboxylic acids is 1. The molecular weight excluding hydrogens is 268 g/mol. The highest BCUT2D eigenvalue weighted by Gasteiger charge is 2.19. The van der Waals surface area contributed by atoms with E-state index in [4.69, 9.17) is 15.2 Å². The largest absolute Gasteiger partial charge is 0.486 e. The lowest BCUT2D eigenvalue weighted by molar-refractivity contribution is -0.0796. The van der Waals surface area contributed by atoms with E-state index in [1.54, 1.807) is 12.1 Å².